The van der Waals surface area contributed by atoms with Crippen LogP contribution in [0.2, 0.25) is 0 Å². The van der Waals surface area contributed by atoms with Crippen LogP contribution in [0, 0.1) is 18.8 Å². The minimum absolute atomic E-state index is 0.0383. The third kappa shape index (κ3) is 2.64. The second-order valence-electron chi connectivity index (χ2n) is 8.40. The summed E-state index contributed by atoms with van der Waals surface area (Å²) in [6.45, 7) is 7.15. The molecule has 6 nitrogen and oxygen atoms in total. The van der Waals surface area contributed by atoms with E-state index in [0.29, 0.717) is 0 Å². The molecule has 0 aromatic heterocycles. The zero-order chi connectivity index (χ0) is 21.9. The molecule has 0 N–H and O–H groups in total. The fourth-order valence-corrected chi connectivity index (χ4v) is 5.44. The monoisotopic (exact) mass is 418 g/mol. The number of hydrogen-bond donors (Lipinski definition) is 0. The maximum Gasteiger partial charge on any atom is 0.330 e. The average Bonchev–Trinajstić information content (AvgIpc) is 3.07. The van der Waals surface area contributed by atoms with Gasteiger partial charge in [0.2, 0.25) is 0 Å². The number of carbonyl (C=O) groups is 3. The molecule has 1 heterocycles. The van der Waals surface area contributed by atoms with Crippen molar-refractivity contribution in [1.82, 2.24) is 0 Å². The second-order valence-corrected chi connectivity index (χ2v) is 8.40. The molecule has 2 bridgehead atoms. The first-order valence-corrected chi connectivity index (χ1v) is 10.3. The van der Waals surface area contributed by atoms with Gasteiger partial charge < -0.3 is 14.2 Å². The van der Waals surface area contributed by atoms with Gasteiger partial charge in [0.15, 0.2) is 0 Å². The molecule has 0 amide bonds. The molecule has 6 heteroatoms. The van der Waals surface area contributed by atoms with Crippen LogP contribution in [0.15, 0.2) is 55.1 Å². The van der Waals surface area contributed by atoms with Gasteiger partial charge in [0.25, 0.3) is 0 Å². The molecule has 0 saturated carbocycles. The average molecular weight is 418 g/mol. The number of hydrogen-bond acceptors (Lipinski definition) is 6. The van der Waals surface area contributed by atoms with E-state index in [1.54, 1.807) is 6.92 Å². The minimum Gasteiger partial charge on any atom is -0.457 e. The van der Waals surface area contributed by atoms with E-state index in [4.69, 9.17) is 14.2 Å². The van der Waals surface area contributed by atoms with Gasteiger partial charge >= 0.3 is 17.9 Å². The van der Waals surface area contributed by atoms with E-state index in [9.17, 15) is 14.4 Å². The van der Waals surface area contributed by atoms with Crippen molar-refractivity contribution in [3.63, 3.8) is 0 Å². The van der Waals surface area contributed by atoms with Gasteiger partial charge in [0.1, 0.15) is 17.6 Å². The highest BCUT2D eigenvalue weighted by molar-refractivity contribution is 6.00. The Balaban J connectivity index is 1.71. The van der Waals surface area contributed by atoms with Crippen molar-refractivity contribution in [2.24, 2.45) is 11.8 Å². The summed E-state index contributed by atoms with van der Waals surface area (Å²) in [6.07, 6.45) is 0.518. The van der Waals surface area contributed by atoms with E-state index in [0.717, 1.165) is 33.9 Å². The Hall–Kier alpha value is -3.25. The van der Waals surface area contributed by atoms with Crippen molar-refractivity contribution in [2.75, 3.05) is 6.61 Å². The lowest BCUT2D eigenvalue weighted by atomic mass is 9.52. The van der Waals surface area contributed by atoms with Crippen molar-refractivity contribution in [3.8, 4) is 0 Å². The first kappa shape index (κ1) is 19.7. The van der Waals surface area contributed by atoms with Crippen LogP contribution in [0.25, 0.3) is 0 Å². The van der Waals surface area contributed by atoms with E-state index >= 15 is 0 Å². The van der Waals surface area contributed by atoms with Gasteiger partial charge in [-0.3, -0.25) is 9.59 Å². The summed E-state index contributed by atoms with van der Waals surface area (Å²) in [6, 6.07) is 13.8. The lowest BCUT2D eigenvalue weighted by Crippen LogP contribution is -2.55. The standard InChI is InChI=1S/C25H22O6/c1-4-19(26)30-14(3)12-29-25-17-8-6-5-7-15(17)20(16-10-9-13(2)11-18(16)25)21-22(25)24(28)31-23(21)27/h4-11,14,20-22H,1,12H2,2-3H3. The Morgan fingerprint density at radius 1 is 1.16 bits per heavy atom. The summed E-state index contributed by atoms with van der Waals surface area (Å²) >= 11 is 0. The predicted octanol–water partition coefficient (Wildman–Crippen LogP) is 3.15. The normalized spacial score (nSPS) is 28.3. The van der Waals surface area contributed by atoms with Crippen LogP contribution < -0.4 is 0 Å². The lowest BCUT2D eigenvalue weighted by Gasteiger charge is -2.53. The van der Waals surface area contributed by atoms with Crippen LogP contribution in [0.3, 0.4) is 0 Å². The van der Waals surface area contributed by atoms with Gasteiger partial charge in [-0.05, 0) is 36.1 Å². The van der Waals surface area contributed by atoms with Crippen LogP contribution in [-0.4, -0.2) is 30.6 Å². The van der Waals surface area contributed by atoms with E-state index < -0.39 is 41.4 Å². The summed E-state index contributed by atoms with van der Waals surface area (Å²) in [4.78, 5) is 37.4. The van der Waals surface area contributed by atoms with Crippen molar-refractivity contribution < 1.29 is 28.6 Å². The van der Waals surface area contributed by atoms with E-state index in [-0.39, 0.29) is 12.5 Å². The molecule has 2 aromatic rings. The van der Waals surface area contributed by atoms with Gasteiger partial charge in [0, 0.05) is 12.0 Å². The minimum atomic E-state index is -1.20. The molecular weight excluding hydrogens is 396 g/mol. The predicted molar refractivity (Wildman–Crippen MR) is 110 cm³/mol. The highest BCUT2D eigenvalue weighted by Gasteiger charge is 2.68. The summed E-state index contributed by atoms with van der Waals surface area (Å²) in [7, 11) is 0. The largest absolute Gasteiger partial charge is 0.457 e. The van der Waals surface area contributed by atoms with Gasteiger partial charge in [-0.25, -0.2) is 4.79 Å². The van der Waals surface area contributed by atoms with Crippen molar-refractivity contribution in [1.29, 1.82) is 0 Å². The molecule has 0 radical (unpaired) electrons. The third-order valence-electron chi connectivity index (χ3n) is 6.55. The quantitative estimate of drug-likeness (QED) is 0.422. The molecule has 158 valence electrons. The number of esters is 3. The molecule has 6 rings (SSSR count). The molecule has 31 heavy (non-hydrogen) atoms. The Morgan fingerprint density at radius 3 is 2.68 bits per heavy atom. The van der Waals surface area contributed by atoms with Gasteiger partial charge in [0.05, 0.1) is 12.5 Å². The zero-order valence-electron chi connectivity index (χ0n) is 17.3. The Kier molecular flexibility index (Phi) is 4.38. The van der Waals surface area contributed by atoms with E-state index in [1.807, 2.05) is 49.4 Å². The summed E-state index contributed by atoms with van der Waals surface area (Å²) in [5.74, 6) is -3.35. The Labute approximate surface area is 179 Å². The number of cyclic esters (lactones) is 2. The smallest absolute Gasteiger partial charge is 0.330 e. The van der Waals surface area contributed by atoms with Crippen molar-refractivity contribution >= 4 is 17.9 Å². The first-order valence-electron chi connectivity index (χ1n) is 10.3. The highest BCUT2D eigenvalue weighted by atomic mass is 16.6. The van der Waals surface area contributed by atoms with Crippen LogP contribution in [0.1, 0.15) is 40.7 Å². The zero-order valence-corrected chi connectivity index (χ0v) is 17.3. The maximum atomic E-state index is 13.0. The summed E-state index contributed by atoms with van der Waals surface area (Å²) in [5, 5.41) is 0. The third-order valence-corrected chi connectivity index (χ3v) is 6.55. The molecule has 3 aliphatic carbocycles. The molecule has 1 aliphatic heterocycles. The Morgan fingerprint density at radius 2 is 1.90 bits per heavy atom. The molecule has 5 atom stereocenters. The fourth-order valence-electron chi connectivity index (χ4n) is 5.44. The molecule has 4 aliphatic rings. The molecule has 2 aromatic carbocycles. The highest BCUT2D eigenvalue weighted by Crippen LogP contribution is 2.64. The molecule has 5 unspecified atom stereocenters. The molecule has 1 saturated heterocycles. The number of rotatable bonds is 5. The first-order chi connectivity index (χ1) is 14.9. The number of carbonyl (C=O) groups excluding carboxylic acids is 3. The van der Waals surface area contributed by atoms with Crippen LogP contribution in [0.5, 0.6) is 0 Å². The van der Waals surface area contributed by atoms with Crippen molar-refractivity contribution in [3.05, 3.63) is 82.9 Å². The van der Waals surface area contributed by atoms with Crippen LogP contribution in [0.4, 0.5) is 0 Å². The number of benzene rings is 2. The Bertz CT molecular complexity index is 1130. The summed E-state index contributed by atoms with van der Waals surface area (Å²) in [5.41, 5.74) is 3.47. The topological polar surface area (TPSA) is 78.9 Å². The lowest BCUT2D eigenvalue weighted by molar-refractivity contribution is -0.164. The SMILES string of the molecule is C=CC(=O)OC(C)COC12c3ccccc3C(c3ccc(C)cc31)C1C(=O)OC(=O)C12. The van der Waals surface area contributed by atoms with E-state index in [1.165, 1.54) is 0 Å². The summed E-state index contributed by atoms with van der Waals surface area (Å²) < 4.78 is 17.0. The van der Waals surface area contributed by atoms with Crippen LogP contribution >= 0.6 is 0 Å². The molecule has 0 spiro atoms. The van der Waals surface area contributed by atoms with Crippen molar-refractivity contribution in [2.45, 2.75) is 31.5 Å². The van der Waals surface area contributed by atoms with Crippen LogP contribution in [-0.2, 0) is 34.2 Å². The maximum absolute atomic E-state index is 13.0. The van der Waals surface area contributed by atoms with Gasteiger partial charge in [-0.1, -0.05) is 54.6 Å². The number of aryl methyl sites for hydroxylation is 1. The number of ether oxygens (including phenoxy) is 3. The second kappa shape index (κ2) is 6.89. The van der Waals surface area contributed by atoms with Gasteiger partial charge in [-0.15, -0.1) is 0 Å². The fraction of sp³-hybridized carbons (Fsp3) is 0.320. The molecular formula is C25H22O6. The van der Waals surface area contributed by atoms with Gasteiger partial charge in [-0.2, -0.15) is 0 Å². The van der Waals surface area contributed by atoms with E-state index in [2.05, 4.69) is 6.58 Å². The molecule has 1 fully saturated rings.